The number of carbonyl (C=O) groups excluding carboxylic acids is 2. The van der Waals surface area contributed by atoms with Crippen LogP contribution in [0.5, 0.6) is 0 Å². The maximum Gasteiger partial charge on any atom is 0.220 e. The van der Waals surface area contributed by atoms with Crippen LogP contribution in [0, 0.1) is 0 Å². The summed E-state index contributed by atoms with van der Waals surface area (Å²) < 4.78 is 0. The fraction of sp³-hybridized carbons (Fsp3) is 0.619. The first-order valence-corrected chi connectivity index (χ1v) is 10.2. The maximum atomic E-state index is 12.4. The van der Waals surface area contributed by atoms with Crippen LogP contribution in [-0.4, -0.2) is 79.3 Å². The van der Waals surface area contributed by atoms with Crippen LogP contribution in [0.1, 0.15) is 40.7 Å². The van der Waals surface area contributed by atoms with Gasteiger partial charge >= 0.3 is 0 Å². The first-order valence-electron chi connectivity index (χ1n) is 10.2. The molecular formula is C21H33N3O4. The summed E-state index contributed by atoms with van der Waals surface area (Å²) in [4.78, 5) is 26.4. The molecule has 28 heavy (non-hydrogen) atoms. The molecule has 7 heteroatoms. The van der Waals surface area contributed by atoms with Gasteiger partial charge in [-0.3, -0.25) is 14.5 Å². The van der Waals surface area contributed by atoms with Gasteiger partial charge in [0.1, 0.15) is 0 Å². The molecule has 156 valence electrons. The Hall–Kier alpha value is -1.80. The van der Waals surface area contributed by atoms with Gasteiger partial charge in [-0.15, -0.1) is 0 Å². The van der Waals surface area contributed by atoms with Crippen LogP contribution in [0.4, 0.5) is 0 Å². The largest absolute Gasteiger partial charge is 0.395 e. The van der Waals surface area contributed by atoms with E-state index in [1.807, 2.05) is 23.1 Å². The lowest BCUT2D eigenvalue weighted by molar-refractivity contribution is -0.121. The van der Waals surface area contributed by atoms with Gasteiger partial charge in [0, 0.05) is 38.0 Å². The minimum Gasteiger partial charge on any atom is -0.395 e. The molecule has 0 radical (unpaired) electrons. The van der Waals surface area contributed by atoms with E-state index < -0.39 is 0 Å². The highest BCUT2D eigenvalue weighted by Crippen LogP contribution is 2.17. The Kier molecular flexibility index (Phi) is 10.1. The monoisotopic (exact) mass is 391 g/mol. The Balaban J connectivity index is 1.69. The molecule has 1 aliphatic heterocycles. The quantitative estimate of drug-likeness (QED) is 0.298. The van der Waals surface area contributed by atoms with E-state index in [1.165, 1.54) is 11.1 Å². The lowest BCUT2D eigenvalue weighted by atomic mass is 9.97. The first-order chi connectivity index (χ1) is 13.6. The van der Waals surface area contributed by atoms with Crippen molar-refractivity contribution < 1.29 is 19.8 Å². The van der Waals surface area contributed by atoms with Crippen LogP contribution in [0.25, 0.3) is 0 Å². The van der Waals surface area contributed by atoms with Crippen molar-refractivity contribution in [1.29, 1.82) is 0 Å². The summed E-state index contributed by atoms with van der Waals surface area (Å²) in [5.41, 5.74) is 3.23. The highest BCUT2D eigenvalue weighted by molar-refractivity contribution is 5.98. The number of Topliss-reactive ketones (excluding diaryl/α,β-unsaturated/α-hetero) is 1. The fourth-order valence-corrected chi connectivity index (χ4v) is 3.46. The first kappa shape index (κ1) is 22.5. The van der Waals surface area contributed by atoms with Gasteiger partial charge < -0.3 is 20.8 Å². The zero-order chi connectivity index (χ0) is 20.2. The van der Waals surface area contributed by atoms with Gasteiger partial charge in [-0.05, 0) is 56.1 Å². The van der Waals surface area contributed by atoms with E-state index in [2.05, 4.69) is 10.6 Å². The fourth-order valence-electron chi connectivity index (χ4n) is 3.46. The van der Waals surface area contributed by atoms with E-state index in [4.69, 9.17) is 10.2 Å². The van der Waals surface area contributed by atoms with Crippen LogP contribution in [0.3, 0.4) is 0 Å². The van der Waals surface area contributed by atoms with Crippen molar-refractivity contribution in [2.75, 3.05) is 52.5 Å². The van der Waals surface area contributed by atoms with Crippen LogP contribution in [0.2, 0.25) is 0 Å². The summed E-state index contributed by atoms with van der Waals surface area (Å²) in [5, 5.41) is 24.1. The molecule has 0 bridgehead atoms. The Bertz CT molecular complexity index is 630. The minimum absolute atomic E-state index is 0.00669. The minimum atomic E-state index is -0.122. The number of rotatable bonds is 12. The van der Waals surface area contributed by atoms with Gasteiger partial charge in [-0.25, -0.2) is 0 Å². The number of nitrogens with zero attached hydrogens (tertiary/aromatic N) is 1. The SMILES string of the molecule is O=C(CCC(=O)c1ccc2c(c1)CCNCC2)NCCCN(CCO)CCO. The van der Waals surface area contributed by atoms with E-state index in [0.717, 1.165) is 32.4 Å². The van der Waals surface area contributed by atoms with E-state index in [-0.39, 0.29) is 37.7 Å². The Labute approximate surface area is 167 Å². The van der Waals surface area contributed by atoms with Crippen molar-refractivity contribution in [2.24, 2.45) is 0 Å². The van der Waals surface area contributed by atoms with Crippen LogP contribution in [0.15, 0.2) is 18.2 Å². The Morgan fingerprint density at radius 3 is 2.43 bits per heavy atom. The summed E-state index contributed by atoms with van der Waals surface area (Å²) in [5.74, 6) is -0.115. The number of nitrogens with one attached hydrogen (secondary N) is 2. The van der Waals surface area contributed by atoms with E-state index in [9.17, 15) is 9.59 Å². The van der Waals surface area contributed by atoms with Crippen molar-refractivity contribution in [2.45, 2.75) is 32.1 Å². The van der Waals surface area contributed by atoms with Gasteiger partial charge in [-0.2, -0.15) is 0 Å². The summed E-state index contributed by atoms with van der Waals surface area (Å²) in [6, 6.07) is 5.90. The van der Waals surface area contributed by atoms with Crippen molar-refractivity contribution in [3.63, 3.8) is 0 Å². The number of fused-ring (bicyclic) bond motifs is 1. The number of ketones is 1. The van der Waals surface area contributed by atoms with Crippen molar-refractivity contribution in [3.05, 3.63) is 34.9 Å². The summed E-state index contributed by atoms with van der Waals surface area (Å²) in [6.07, 6.45) is 3.05. The van der Waals surface area contributed by atoms with Gasteiger partial charge in [0.2, 0.25) is 5.91 Å². The molecule has 1 aliphatic rings. The number of hydrogen-bond acceptors (Lipinski definition) is 6. The summed E-state index contributed by atoms with van der Waals surface area (Å²) in [6.45, 7) is 4.25. The molecule has 1 amide bonds. The second-order valence-corrected chi connectivity index (χ2v) is 7.15. The third kappa shape index (κ3) is 7.67. The molecule has 0 spiro atoms. The number of aliphatic hydroxyl groups is 2. The number of carbonyl (C=O) groups is 2. The lowest BCUT2D eigenvalue weighted by Gasteiger charge is -2.19. The van der Waals surface area contributed by atoms with Crippen LogP contribution in [-0.2, 0) is 17.6 Å². The molecule has 0 unspecified atom stereocenters. The molecule has 0 atom stereocenters. The molecule has 1 aromatic carbocycles. The Morgan fingerprint density at radius 2 is 1.71 bits per heavy atom. The molecule has 4 N–H and O–H groups in total. The summed E-state index contributed by atoms with van der Waals surface area (Å²) >= 11 is 0. The molecule has 0 aromatic heterocycles. The predicted octanol–water partition coefficient (Wildman–Crippen LogP) is 0.131. The average molecular weight is 392 g/mol. The van der Waals surface area contributed by atoms with Crippen molar-refractivity contribution >= 4 is 11.7 Å². The standard InChI is InChI=1S/C21H33N3O4/c25-14-12-24(13-15-26)11-1-8-23-21(28)5-4-20(27)19-3-2-17-6-9-22-10-7-18(17)16-19/h2-3,16,22,25-26H,1,4-15H2,(H,23,28). The highest BCUT2D eigenvalue weighted by atomic mass is 16.3. The highest BCUT2D eigenvalue weighted by Gasteiger charge is 2.13. The summed E-state index contributed by atoms with van der Waals surface area (Å²) in [7, 11) is 0. The number of hydrogen-bond donors (Lipinski definition) is 4. The normalized spacial score (nSPS) is 13.8. The van der Waals surface area contributed by atoms with Gasteiger partial charge in [0.15, 0.2) is 5.78 Å². The number of aliphatic hydroxyl groups excluding tert-OH is 2. The smallest absolute Gasteiger partial charge is 0.220 e. The second-order valence-electron chi connectivity index (χ2n) is 7.15. The average Bonchev–Trinajstić information content (AvgIpc) is 2.94. The topological polar surface area (TPSA) is 102 Å². The molecule has 0 aliphatic carbocycles. The van der Waals surface area contributed by atoms with Gasteiger partial charge in [0.25, 0.3) is 0 Å². The predicted molar refractivity (Wildman–Crippen MR) is 109 cm³/mol. The van der Waals surface area contributed by atoms with E-state index in [0.29, 0.717) is 31.7 Å². The molecule has 1 heterocycles. The number of benzene rings is 1. The van der Waals surface area contributed by atoms with Crippen molar-refractivity contribution in [1.82, 2.24) is 15.5 Å². The van der Waals surface area contributed by atoms with Gasteiger partial charge in [0.05, 0.1) is 13.2 Å². The molecule has 7 nitrogen and oxygen atoms in total. The third-order valence-corrected chi connectivity index (χ3v) is 5.06. The van der Waals surface area contributed by atoms with Gasteiger partial charge in [-0.1, -0.05) is 12.1 Å². The zero-order valence-electron chi connectivity index (χ0n) is 16.6. The third-order valence-electron chi connectivity index (χ3n) is 5.06. The molecule has 0 saturated heterocycles. The maximum absolute atomic E-state index is 12.4. The Morgan fingerprint density at radius 1 is 1.00 bits per heavy atom. The van der Waals surface area contributed by atoms with Crippen molar-refractivity contribution in [3.8, 4) is 0 Å². The zero-order valence-corrected chi connectivity index (χ0v) is 16.6. The molecule has 1 aromatic rings. The molecular weight excluding hydrogens is 358 g/mol. The lowest BCUT2D eigenvalue weighted by Crippen LogP contribution is -2.33. The molecule has 2 rings (SSSR count). The van der Waals surface area contributed by atoms with E-state index >= 15 is 0 Å². The molecule has 0 fully saturated rings. The van der Waals surface area contributed by atoms with Crippen LogP contribution < -0.4 is 10.6 Å². The van der Waals surface area contributed by atoms with Crippen LogP contribution >= 0.6 is 0 Å². The molecule has 0 saturated carbocycles. The van der Waals surface area contributed by atoms with E-state index in [1.54, 1.807) is 0 Å². The second kappa shape index (κ2) is 12.6. The number of amides is 1.